The summed E-state index contributed by atoms with van der Waals surface area (Å²) in [6.07, 6.45) is 1.59. The minimum atomic E-state index is -0.436. The summed E-state index contributed by atoms with van der Waals surface area (Å²) in [5, 5.41) is 19.5. The molecule has 0 radical (unpaired) electrons. The van der Waals surface area contributed by atoms with E-state index in [0.717, 1.165) is 37.1 Å². The van der Waals surface area contributed by atoms with Crippen molar-refractivity contribution in [2.24, 2.45) is 0 Å². The summed E-state index contributed by atoms with van der Waals surface area (Å²) in [5.74, 6) is 1.23. The number of nitrogen functional groups attached to an aromatic ring is 1. The van der Waals surface area contributed by atoms with E-state index in [-0.39, 0.29) is 0 Å². The van der Waals surface area contributed by atoms with Crippen molar-refractivity contribution in [3.63, 3.8) is 0 Å². The van der Waals surface area contributed by atoms with Crippen LogP contribution in [-0.2, 0) is 6.61 Å². The van der Waals surface area contributed by atoms with Crippen molar-refractivity contribution in [2.75, 3.05) is 16.4 Å². The molecular formula is C29H25Br2N7O. The van der Waals surface area contributed by atoms with Crippen LogP contribution in [0.2, 0.25) is 0 Å². The molecule has 196 valence electrons. The van der Waals surface area contributed by atoms with E-state index in [1.54, 1.807) is 10.9 Å². The summed E-state index contributed by atoms with van der Waals surface area (Å²) in [5.41, 5.74) is 11.1. The van der Waals surface area contributed by atoms with E-state index < -0.39 is 6.04 Å². The fourth-order valence-electron chi connectivity index (χ4n) is 4.13. The first-order chi connectivity index (χ1) is 19.0. The zero-order chi connectivity index (χ0) is 27.2. The highest BCUT2D eigenvalue weighted by molar-refractivity contribution is 9.11. The maximum absolute atomic E-state index is 6.28. The van der Waals surface area contributed by atoms with Gasteiger partial charge in [0.05, 0.1) is 11.4 Å². The van der Waals surface area contributed by atoms with Crippen LogP contribution >= 0.6 is 31.9 Å². The number of halogens is 2. The van der Waals surface area contributed by atoms with Gasteiger partial charge < -0.3 is 21.1 Å². The Morgan fingerprint density at radius 3 is 2.44 bits per heavy atom. The molecular weight excluding hydrogens is 622 g/mol. The highest BCUT2D eigenvalue weighted by Crippen LogP contribution is 2.34. The molecule has 0 amide bonds. The second kappa shape index (κ2) is 12.1. The molecule has 5 aromatic rings. The minimum absolute atomic E-state index is 0.417. The van der Waals surface area contributed by atoms with Crippen LogP contribution in [0, 0.1) is 0 Å². The van der Waals surface area contributed by atoms with E-state index in [2.05, 4.69) is 64.6 Å². The number of aromatic nitrogens is 4. The molecule has 1 unspecified atom stereocenters. The average molecular weight is 647 g/mol. The predicted molar refractivity (Wildman–Crippen MR) is 162 cm³/mol. The van der Waals surface area contributed by atoms with Gasteiger partial charge in [-0.3, -0.25) is 0 Å². The molecule has 0 aliphatic heterocycles. The zero-order valence-electron chi connectivity index (χ0n) is 20.8. The number of rotatable bonds is 10. The van der Waals surface area contributed by atoms with Crippen LogP contribution in [-0.4, -0.2) is 20.2 Å². The Hall–Kier alpha value is -4.15. The Bertz CT molecular complexity index is 1570. The first kappa shape index (κ1) is 26.5. The lowest BCUT2D eigenvalue weighted by atomic mass is 10.1. The van der Waals surface area contributed by atoms with Gasteiger partial charge in [-0.05, 0) is 76.3 Å². The van der Waals surface area contributed by atoms with E-state index >= 15 is 0 Å². The molecule has 0 saturated carbocycles. The number of tetrazole rings is 1. The number of anilines is 3. The molecule has 1 heterocycles. The Kier molecular flexibility index (Phi) is 8.24. The van der Waals surface area contributed by atoms with Crippen LogP contribution in [0.15, 0.2) is 113 Å². The van der Waals surface area contributed by atoms with Gasteiger partial charge in [0.25, 0.3) is 0 Å². The molecule has 1 aromatic heterocycles. The molecule has 4 aromatic carbocycles. The summed E-state index contributed by atoms with van der Waals surface area (Å²) in [4.78, 5) is 0. The third kappa shape index (κ3) is 6.30. The molecule has 0 saturated heterocycles. The Labute approximate surface area is 243 Å². The molecule has 0 aliphatic rings. The molecule has 1 atom stereocenters. The summed E-state index contributed by atoms with van der Waals surface area (Å²) < 4.78 is 9.73. The zero-order valence-corrected chi connectivity index (χ0v) is 23.9. The first-order valence-corrected chi connectivity index (χ1v) is 13.6. The number of ether oxygens (including phenoxy) is 1. The number of hydrogen-bond donors (Lipinski definition) is 3. The molecule has 10 heteroatoms. The molecule has 0 spiro atoms. The van der Waals surface area contributed by atoms with Gasteiger partial charge in [0.1, 0.15) is 24.1 Å². The van der Waals surface area contributed by atoms with Gasteiger partial charge in [0.2, 0.25) is 0 Å². The topological polar surface area (TPSA) is 103 Å². The maximum atomic E-state index is 6.28. The van der Waals surface area contributed by atoms with Crippen LogP contribution in [0.4, 0.5) is 17.1 Å². The van der Waals surface area contributed by atoms with E-state index in [4.69, 9.17) is 10.5 Å². The van der Waals surface area contributed by atoms with Crippen molar-refractivity contribution in [3.05, 3.63) is 130 Å². The normalized spacial score (nSPS) is 11.5. The Morgan fingerprint density at radius 2 is 1.69 bits per heavy atom. The lowest BCUT2D eigenvalue weighted by Crippen LogP contribution is -2.19. The summed E-state index contributed by atoms with van der Waals surface area (Å²) in [7, 11) is 0. The summed E-state index contributed by atoms with van der Waals surface area (Å²) in [6, 6.07) is 29.0. The van der Waals surface area contributed by atoms with Gasteiger partial charge in [0.15, 0.2) is 5.82 Å². The van der Waals surface area contributed by atoms with E-state index in [1.807, 2.05) is 91.0 Å². The van der Waals surface area contributed by atoms with Crippen LogP contribution in [0.5, 0.6) is 5.75 Å². The Morgan fingerprint density at radius 1 is 0.949 bits per heavy atom. The predicted octanol–water partition coefficient (Wildman–Crippen LogP) is 7.11. The highest BCUT2D eigenvalue weighted by atomic mass is 79.9. The number of nitrogens with two attached hydrogens (primary N) is 1. The van der Waals surface area contributed by atoms with Crippen LogP contribution in [0.3, 0.4) is 0 Å². The van der Waals surface area contributed by atoms with Crippen LogP contribution in [0.25, 0.3) is 5.69 Å². The molecule has 4 N–H and O–H groups in total. The maximum Gasteiger partial charge on any atom is 0.183 e. The fraction of sp³-hybridized carbons (Fsp3) is 0.0690. The summed E-state index contributed by atoms with van der Waals surface area (Å²) >= 11 is 7.22. The fourth-order valence-corrected chi connectivity index (χ4v) is 5.46. The van der Waals surface area contributed by atoms with Crippen LogP contribution in [0.1, 0.15) is 23.0 Å². The number of hydrogen-bond acceptors (Lipinski definition) is 7. The lowest BCUT2D eigenvalue weighted by molar-refractivity contribution is 0.304. The molecule has 0 bridgehead atoms. The van der Waals surface area contributed by atoms with Crippen molar-refractivity contribution < 1.29 is 4.74 Å². The number of nitrogens with one attached hydrogen (secondary N) is 2. The molecule has 8 nitrogen and oxygen atoms in total. The third-order valence-corrected chi connectivity index (χ3v) is 6.84. The third-order valence-electron chi connectivity index (χ3n) is 5.92. The smallest absolute Gasteiger partial charge is 0.183 e. The van der Waals surface area contributed by atoms with Crippen molar-refractivity contribution in [3.8, 4) is 11.4 Å². The van der Waals surface area contributed by atoms with Gasteiger partial charge in [0, 0.05) is 14.6 Å². The van der Waals surface area contributed by atoms with Crippen molar-refractivity contribution >= 4 is 48.9 Å². The van der Waals surface area contributed by atoms with Gasteiger partial charge in [-0.25, -0.2) is 0 Å². The second-order valence-corrected chi connectivity index (χ2v) is 10.5. The van der Waals surface area contributed by atoms with E-state index in [1.165, 1.54) is 0 Å². The average Bonchev–Trinajstić information content (AvgIpc) is 3.42. The second-order valence-electron chi connectivity index (χ2n) is 8.62. The molecule has 5 rings (SSSR count). The molecule has 0 aliphatic carbocycles. The number of para-hydroxylation sites is 2. The van der Waals surface area contributed by atoms with Crippen molar-refractivity contribution in [2.45, 2.75) is 12.6 Å². The van der Waals surface area contributed by atoms with Gasteiger partial charge in [-0.1, -0.05) is 80.9 Å². The SMILES string of the molecule is C=CNc1ccc(NC(c2cc(Br)cc(Br)c2)c2nnnn2-c2ccccc2OCc2ccccc2)cc1N. The van der Waals surface area contributed by atoms with Crippen LogP contribution < -0.4 is 21.1 Å². The Balaban J connectivity index is 1.54. The monoisotopic (exact) mass is 645 g/mol. The van der Waals surface area contributed by atoms with Crippen molar-refractivity contribution in [1.82, 2.24) is 20.2 Å². The highest BCUT2D eigenvalue weighted by Gasteiger charge is 2.25. The van der Waals surface area contributed by atoms with E-state index in [0.29, 0.717) is 23.9 Å². The molecule has 0 fully saturated rings. The molecule has 39 heavy (non-hydrogen) atoms. The van der Waals surface area contributed by atoms with Gasteiger partial charge in [-0.2, -0.15) is 4.68 Å². The quantitative estimate of drug-likeness (QED) is 0.139. The number of benzene rings is 4. The van der Waals surface area contributed by atoms with Gasteiger partial charge >= 0.3 is 0 Å². The minimum Gasteiger partial charge on any atom is -0.487 e. The lowest BCUT2D eigenvalue weighted by Gasteiger charge is -2.22. The largest absolute Gasteiger partial charge is 0.487 e. The first-order valence-electron chi connectivity index (χ1n) is 12.1. The summed E-state index contributed by atoms with van der Waals surface area (Å²) in [6.45, 7) is 4.12. The van der Waals surface area contributed by atoms with Crippen molar-refractivity contribution in [1.29, 1.82) is 0 Å². The standard InChI is InChI=1S/C29H25Br2N7O/c1-2-33-25-13-12-23(17-24(25)32)34-28(20-14-21(30)16-22(31)15-20)29-35-36-37-38(29)26-10-6-7-11-27(26)39-18-19-8-4-3-5-9-19/h2-17,28,33-34H,1,18,32H2. The van der Waals surface area contributed by atoms with Gasteiger partial charge in [-0.15, -0.1) is 5.10 Å². The van der Waals surface area contributed by atoms with E-state index in [9.17, 15) is 0 Å². The number of nitrogens with zero attached hydrogens (tertiary/aromatic N) is 4.